The fraction of sp³-hybridized carbons (Fsp3) is 0.125. The molecule has 8 N–H and O–H groups in total. The van der Waals surface area contributed by atoms with Gasteiger partial charge in [0.2, 0.25) is 0 Å². The Hall–Kier alpha value is -5.02. The highest BCUT2D eigenvalue weighted by Gasteiger charge is 2.10. The van der Waals surface area contributed by atoms with E-state index in [1.807, 2.05) is 36.9 Å². The summed E-state index contributed by atoms with van der Waals surface area (Å²) >= 11 is 1.72. The monoisotopic (exact) mass is 560 g/mol. The zero-order valence-electron chi connectivity index (χ0n) is 22.5. The number of thiophene rings is 1. The van der Waals surface area contributed by atoms with Crippen LogP contribution in [0.25, 0.3) is 43.1 Å². The Balaban J connectivity index is 1.33. The van der Waals surface area contributed by atoms with Crippen molar-refractivity contribution in [3.05, 3.63) is 109 Å². The highest BCUT2D eigenvalue weighted by molar-refractivity contribution is 7.18. The second-order valence-corrected chi connectivity index (χ2v) is 10.8. The number of pyridine rings is 2. The smallest absolute Gasteiger partial charge is 0.185 e. The third kappa shape index (κ3) is 7.34. The van der Waals surface area contributed by atoms with Crippen molar-refractivity contribution >= 4 is 23.3 Å². The summed E-state index contributed by atoms with van der Waals surface area (Å²) in [7, 11) is 0. The van der Waals surface area contributed by atoms with Crippen molar-refractivity contribution < 1.29 is 0 Å². The number of nitrogens with zero attached hydrogens (tertiary/aromatic N) is 2. The van der Waals surface area contributed by atoms with Crippen LogP contribution in [0.5, 0.6) is 0 Å². The Kier molecular flexibility index (Phi) is 8.66. The largest absolute Gasteiger partial charge is 0.370 e. The van der Waals surface area contributed by atoms with Crippen LogP contribution in [0, 0.1) is 10.8 Å². The summed E-state index contributed by atoms with van der Waals surface area (Å²) in [5.41, 5.74) is 19.6. The summed E-state index contributed by atoms with van der Waals surface area (Å²) in [5.74, 6) is -0.0272. The van der Waals surface area contributed by atoms with Gasteiger partial charge < -0.3 is 22.1 Å². The molecule has 0 amide bonds. The van der Waals surface area contributed by atoms with Gasteiger partial charge in [-0.25, -0.2) is 0 Å². The lowest BCUT2D eigenvalue weighted by Crippen LogP contribution is -2.31. The Morgan fingerprint density at radius 2 is 1.02 bits per heavy atom. The number of rotatable bonds is 10. The molecule has 3 heterocycles. The van der Waals surface area contributed by atoms with Crippen LogP contribution in [0.15, 0.2) is 97.6 Å². The number of guanidine groups is 2. The van der Waals surface area contributed by atoms with Gasteiger partial charge in [0.05, 0.1) is 0 Å². The molecule has 0 aliphatic heterocycles. The molecule has 0 unspecified atom stereocenters. The number of aromatic nitrogens is 2. The zero-order chi connectivity index (χ0) is 28.6. The van der Waals surface area contributed by atoms with Gasteiger partial charge in [0, 0.05) is 69.9 Å². The topological polar surface area (TPSA) is 150 Å². The Bertz CT molecular complexity index is 1550. The third-order valence-corrected chi connectivity index (χ3v) is 7.81. The van der Waals surface area contributed by atoms with Gasteiger partial charge in [-0.1, -0.05) is 48.5 Å². The van der Waals surface area contributed by atoms with E-state index in [4.69, 9.17) is 22.3 Å². The van der Waals surface area contributed by atoms with E-state index >= 15 is 0 Å². The van der Waals surface area contributed by atoms with Crippen LogP contribution in [0.1, 0.15) is 11.1 Å². The van der Waals surface area contributed by atoms with E-state index in [1.165, 1.54) is 11.1 Å². The zero-order valence-corrected chi connectivity index (χ0v) is 23.3. The number of nitrogens with two attached hydrogens (primary N) is 2. The lowest BCUT2D eigenvalue weighted by atomic mass is 10.0. The van der Waals surface area contributed by atoms with Gasteiger partial charge in [-0.05, 0) is 59.4 Å². The summed E-state index contributed by atoms with van der Waals surface area (Å²) in [5, 5.41) is 20.4. The molecule has 2 aromatic carbocycles. The summed E-state index contributed by atoms with van der Waals surface area (Å²) < 4.78 is 0. The molecule has 0 saturated heterocycles. The predicted molar refractivity (Wildman–Crippen MR) is 169 cm³/mol. The number of nitrogens with one attached hydrogen (secondary N) is 4. The Labute approximate surface area is 243 Å². The molecule has 3 aromatic heterocycles. The molecular formula is C32H32N8S. The fourth-order valence-corrected chi connectivity index (χ4v) is 5.58. The normalized spacial score (nSPS) is 10.7. The van der Waals surface area contributed by atoms with E-state index < -0.39 is 0 Å². The average Bonchev–Trinajstić information content (AvgIpc) is 3.48. The second-order valence-electron chi connectivity index (χ2n) is 9.67. The molecule has 0 saturated carbocycles. The average molecular weight is 561 g/mol. The Morgan fingerprint density at radius 1 is 0.585 bits per heavy atom. The minimum atomic E-state index is -0.0136. The molecule has 9 heteroatoms. The number of hydrogen-bond acceptors (Lipinski definition) is 5. The van der Waals surface area contributed by atoms with Crippen molar-refractivity contribution in [1.29, 1.82) is 10.8 Å². The third-order valence-electron chi connectivity index (χ3n) is 6.63. The standard InChI is InChI=1S/C32H32N8S/c33-31(34)39-11-9-21-3-1-5-23(13-21)25-15-27(19-37-17-25)29-7-8-30(41-29)28-16-26(18-38-20-28)24-6-2-4-22(14-24)10-12-40-32(35)36/h1-8,13-20H,9-12H2,(H4,33,34,39)(H4,35,36,40). The first kappa shape index (κ1) is 27.5. The van der Waals surface area contributed by atoms with Gasteiger partial charge >= 0.3 is 0 Å². The minimum absolute atomic E-state index is 0.0136. The van der Waals surface area contributed by atoms with Crippen molar-refractivity contribution in [2.45, 2.75) is 12.8 Å². The molecule has 0 fully saturated rings. The molecule has 5 rings (SSSR count). The number of benzene rings is 2. The van der Waals surface area contributed by atoms with E-state index in [2.05, 4.69) is 81.3 Å². The molecule has 41 heavy (non-hydrogen) atoms. The maximum atomic E-state index is 7.33. The maximum Gasteiger partial charge on any atom is 0.185 e. The van der Waals surface area contributed by atoms with Crippen molar-refractivity contribution in [3.63, 3.8) is 0 Å². The van der Waals surface area contributed by atoms with Gasteiger partial charge in [-0.15, -0.1) is 11.3 Å². The van der Waals surface area contributed by atoms with Gasteiger partial charge in [-0.2, -0.15) is 0 Å². The van der Waals surface area contributed by atoms with Crippen molar-refractivity contribution in [2.24, 2.45) is 11.5 Å². The quantitative estimate of drug-likeness (QED) is 0.101. The highest BCUT2D eigenvalue weighted by Crippen LogP contribution is 2.36. The van der Waals surface area contributed by atoms with E-state index in [0.717, 1.165) is 56.0 Å². The first-order valence-electron chi connectivity index (χ1n) is 13.3. The molecule has 206 valence electrons. The molecule has 5 aromatic rings. The molecule has 8 nitrogen and oxygen atoms in total. The van der Waals surface area contributed by atoms with Crippen LogP contribution in [0.3, 0.4) is 0 Å². The first-order valence-corrected chi connectivity index (χ1v) is 14.1. The van der Waals surface area contributed by atoms with Gasteiger partial charge in [0.1, 0.15) is 0 Å². The van der Waals surface area contributed by atoms with E-state index in [-0.39, 0.29) is 11.9 Å². The van der Waals surface area contributed by atoms with Gasteiger partial charge in [-0.3, -0.25) is 20.8 Å². The van der Waals surface area contributed by atoms with Gasteiger partial charge in [0.15, 0.2) is 11.9 Å². The highest BCUT2D eigenvalue weighted by atomic mass is 32.1. The summed E-state index contributed by atoms with van der Waals surface area (Å²) in [6.45, 7) is 1.24. The van der Waals surface area contributed by atoms with E-state index in [9.17, 15) is 0 Å². The predicted octanol–water partition coefficient (Wildman–Crippen LogP) is 5.26. The lowest BCUT2D eigenvalue weighted by Gasteiger charge is -2.08. The fourth-order valence-electron chi connectivity index (χ4n) is 4.61. The van der Waals surface area contributed by atoms with Crippen molar-refractivity contribution in [3.8, 4) is 43.1 Å². The molecule has 0 bridgehead atoms. The van der Waals surface area contributed by atoms with Crippen LogP contribution in [0.2, 0.25) is 0 Å². The summed E-state index contributed by atoms with van der Waals surface area (Å²) in [6, 6.07) is 25.4. The summed E-state index contributed by atoms with van der Waals surface area (Å²) in [4.78, 5) is 11.4. The van der Waals surface area contributed by atoms with Crippen molar-refractivity contribution in [2.75, 3.05) is 13.1 Å². The van der Waals surface area contributed by atoms with Crippen LogP contribution in [0.4, 0.5) is 0 Å². The maximum absolute atomic E-state index is 7.33. The minimum Gasteiger partial charge on any atom is -0.370 e. The van der Waals surface area contributed by atoms with Crippen LogP contribution >= 0.6 is 11.3 Å². The van der Waals surface area contributed by atoms with Crippen molar-refractivity contribution in [1.82, 2.24) is 20.6 Å². The molecule has 0 atom stereocenters. The lowest BCUT2D eigenvalue weighted by molar-refractivity contribution is 0.854. The SMILES string of the molecule is N=C(N)NCCc1cccc(-c2cncc(-c3ccc(-c4cncc(-c5cccc(CCNC(=N)N)c5)c4)s3)c2)c1. The van der Waals surface area contributed by atoms with Crippen LogP contribution in [-0.4, -0.2) is 35.0 Å². The second kappa shape index (κ2) is 12.9. The molecule has 0 aliphatic rings. The molecule has 0 aliphatic carbocycles. The Morgan fingerprint density at radius 3 is 1.46 bits per heavy atom. The molecule has 0 radical (unpaired) electrons. The number of hydrogen-bond donors (Lipinski definition) is 6. The first-order chi connectivity index (χ1) is 19.9. The molecule has 0 spiro atoms. The van der Waals surface area contributed by atoms with E-state index in [0.29, 0.717) is 13.1 Å². The summed E-state index contributed by atoms with van der Waals surface area (Å²) in [6.07, 6.45) is 9.15. The molecular weight excluding hydrogens is 528 g/mol. The van der Waals surface area contributed by atoms with E-state index in [1.54, 1.807) is 11.3 Å². The van der Waals surface area contributed by atoms with Crippen LogP contribution < -0.4 is 22.1 Å². The van der Waals surface area contributed by atoms with Gasteiger partial charge in [0.25, 0.3) is 0 Å². The van der Waals surface area contributed by atoms with Crippen LogP contribution in [-0.2, 0) is 12.8 Å².